The molecule has 2 unspecified atom stereocenters. The number of piperidine rings is 1. The maximum absolute atomic E-state index is 12.5. The molecule has 0 spiro atoms. The van der Waals surface area contributed by atoms with Crippen molar-refractivity contribution in [2.45, 2.75) is 37.8 Å². The predicted molar refractivity (Wildman–Crippen MR) is 104 cm³/mol. The Morgan fingerprint density at radius 3 is 2.58 bits per heavy atom. The largest absolute Gasteiger partial charge is 0.480 e. The van der Waals surface area contributed by atoms with Crippen LogP contribution in [-0.4, -0.2) is 36.1 Å². The third kappa shape index (κ3) is 4.94. The Labute approximate surface area is 168 Å². The smallest absolute Gasteiger partial charge is 0.326 e. The molecule has 6 nitrogen and oxygen atoms in total. The summed E-state index contributed by atoms with van der Waals surface area (Å²) in [5.74, 6) is -0.683. The van der Waals surface area contributed by atoms with E-state index in [1.54, 1.807) is 12.1 Å². The number of carboxylic acid groups (broad SMARTS) is 1. The summed E-state index contributed by atoms with van der Waals surface area (Å²) >= 11 is 12.3. The molecule has 144 valence electrons. The highest BCUT2D eigenvalue weighted by Crippen LogP contribution is 2.40. The van der Waals surface area contributed by atoms with Crippen LogP contribution in [0.2, 0.25) is 10.0 Å². The molecule has 2 aliphatic heterocycles. The molecule has 0 bridgehead atoms. The molecular formula is C17H22Cl3N3O3. The van der Waals surface area contributed by atoms with E-state index in [4.69, 9.17) is 23.2 Å². The normalized spacial score (nSPS) is 22.5. The van der Waals surface area contributed by atoms with E-state index in [1.165, 1.54) is 0 Å². The van der Waals surface area contributed by atoms with Crippen LogP contribution in [0.5, 0.6) is 0 Å². The Hall–Kier alpha value is -1.21. The number of hydrogen-bond acceptors (Lipinski definition) is 4. The van der Waals surface area contributed by atoms with Crippen molar-refractivity contribution in [2.75, 3.05) is 18.4 Å². The number of rotatable bonds is 4. The lowest BCUT2D eigenvalue weighted by molar-refractivity contribution is -0.138. The van der Waals surface area contributed by atoms with Crippen LogP contribution in [0.3, 0.4) is 0 Å². The number of halogens is 3. The van der Waals surface area contributed by atoms with E-state index in [1.807, 2.05) is 0 Å². The number of nitrogens with one attached hydrogen (secondary N) is 3. The van der Waals surface area contributed by atoms with Crippen LogP contribution in [0.15, 0.2) is 12.1 Å². The van der Waals surface area contributed by atoms with E-state index in [-0.39, 0.29) is 24.7 Å². The lowest BCUT2D eigenvalue weighted by Gasteiger charge is -2.33. The third-order valence-electron chi connectivity index (χ3n) is 4.81. The molecule has 0 saturated carbocycles. The topological polar surface area (TPSA) is 90.5 Å². The van der Waals surface area contributed by atoms with Crippen molar-refractivity contribution in [3.05, 3.63) is 27.7 Å². The van der Waals surface area contributed by atoms with Gasteiger partial charge in [-0.15, -0.1) is 12.4 Å². The molecule has 1 fully saturated rings. The molecule has 1 aromatic rings. The number of hydrogen-bond donors (Lipinski definition) is 4. The molecule has 0 radical (unpaired) electrons. The van der Waals surface area contributed by atoms with E-state index in [2.05, 4.69) is 16.0 Å². The Balaban J connectivity index is 0.00000243. The highest BCUT2D eigenvalue weighted by Gasteiger charge is 2.33. The number of amides is 1. The van der Waals surface area contributed by atoms with Crippen molar-refractivity contribution in [1.82, 2.24) is 10.6 Å². The van der Waals surface area contributed by atoms with Crippen molar-refractivity contribution in [3.8, 4) is 0 Å². The second-order valence-electron chi connectivity index (χ2n) is 6.64. The van der Waals surface area contributed by atoms with Crippen molar-refractivity contribution < 1.29 is 14.7 Å². The second-order valence-corrected chi connectivity index (χ2v) is 7.48. The van der Waals surface area contributed by atoms with Gasteiger partial charge in [0, 0.05) is 34.1 Å². The molecule has 1 saturated heterocycles. The lowest BCUT2D eigenvalue weighted by Crippen LogP contribution is -2.42. The van der Waals surface area contributed by atoms with Crippen LogP contribution in [0.4, 0.5) is 5.69 Å². The van der Waals surface area contributed by atoms with Crippen molar-refractivity contribution in [2.24, 2.45) is 5.92 Å². The summed E-state index contributed by atoms with van der Waals surface area (Å²) in [7, 11) is 0. The fraction of sp³-hybridized carbons (Fsp3) is 0.529. The first-order chi connectivity index (χ1) is 11.9. The molecule has 0 aliphatic carbocycles. The van der Waals surface area contributed by atoms with Crippen LogP contribution in [0, 0.1) is 5.92 Å². The van der Waals surface area contributed by atoms with Crippen LogP contribution in [0.25, 0.3) is 0 Å². The zero-order valence-corrected chi connectivity index (χ0v) is 16.4. The fourth-order valence-corrected chi connectivity index (χ4v) is 4.18. The first-order valence-electron chi connectivity index (χ1n) is 8.42. The maximum Gasteiger partial charge on any atom is 0.326 e. The Morgan fingerprint density at radius 1 is 1.23 bits per heavy atom. The number of anilines is 1. The predicted octanol–water partition coefficient (Wildman–Crippen LogP) is 3.23. The molecule has 3 rings (SSSR count). The first kappa shape index (κ1) is 21.1. The van der Waals surface area contributed by atoms with E-state index < -0.39 is 18.1 Å². The van der Waals surface area contributed by atoms with Crippen LogP contribution in [-0.2, 0) is 9.59 Å². The summed E-state index contributed by atoms with van der Waals surface area (Å²) in [5.41, 5.74) is 1.26. The van der Waals surface area contributed by atoms with Gasteiger partial charge in [0.1, 0.15) is 6.04 Å². The van der Waals surface area contributed by atoms with E-state index >= 15 is 0 Å². The fourth-order valence-electron chi connectivity index (χ4n) is 3.55. The average Bonchev–Trinajstić information content (AvgIpc) is 2.54. The Kier molecular flexibility index (Phi) is 7.41. The molecule has 4 N–H and O–H groups in total. The number of carbonyl (C=O) groups excluding carboxylic acids is 1. The Morgan fingerprint density at radius 2 is 1.92 bits per heavy atom. The highest BCUT2D eigenvalue weighted by atomic mass is 35.5. The maximum atomic E-state index is 12.5. The average molecular weight is 423 g/mol. The second kappa shape index (κ2) is 9.13. The monoisotopic (exact) mass is 421 g/mol. The minimum atomic E-state index is -0.973. The van der Waals surface area contributed by atoms with Crippen LogP contribution >= 0.6 is 35.6 Å². The summed E-state index contributed by atoms with van der Waals surface area (Å²) in [5, 5.41) is 19.4. The summed E-state index contributed by atoms with van der Waals surface area (Å²) in [4.78, 5) is 23.9. The molecule has 1 amide bonds. The van der Waals surface area contributed by atoms with Crippen molar-refractivity contribution in [3.63, 3.8) is 0 Å². The number of benzene rings is 1. The van der Waals surface area contributed by atoms with Gasteiger partial charge < -0.3 is 21.1 Å². The highest BCUT2D eigenvalue weighted by molar-refractivity contribution is 6.35. The van der Waals surface area contributed by atoms with Gasteiger partial charge in [-0.3, -0.25) is 4.79 Å². The van der Waals surface area contributed by atoms with Gasteiger partial charge in [0.25, 0.3) is 0 Å². The van der Waals surface area contributed by atoms with Gasteiger partial charge >= 0.3 is 5.97 Å². The number of fused-ring (bicyclic) bond motifs is 1. The summed E-state index contributed by atoms with van der Waals surface area (Å²) in [6.07, 6.45) is 2.64. The molecule has 0 aromatic heterocycles. The molecule has 26 heavy (non-hydrogen) atoms. The number of aliphatic carboxylic acids is 1. The van der Waals surface area contributed by atoms with Crippen LogP contribution < -0.4 is 16.0 Å². The zero-order chi connectivity index (χ0) is 18.0. The van der Waals surface area contributed by atoms with E-state index in [9.17, 15) is 14.7 Å². The first-order valence-corrected chi connectivity index (χ1v) is 9.18. The molecule has 1 aromatic carbocycles. The van der Waals surface area contributed by atoms with Gasteiger partial charge in [-0.25, -0.2) is 4.79 Å². The minimum Gasteiger partial charge on any atom is -0.480 e. The molecule has 2 atom stereocenters. The van der Waals surface area contributed by atoms with Crippen molar-refractivity contribution in [1.29, 1.82) is 0 Å². The van der Waals surface area contributed by atoms with Gasteiger partial charge in [0.2, 0.25) is 5.91 Å². The molecular weight excluding hydrogens is 401 g/mol. The van der Waals surface area contributed by atoms with E-state index in [0.29, 0.717) is 33.6 Å². The van der Waals surface area contributed by atoms with Gasteiger partial charge in [-0.05, 0) is 44.0 Å². The molecule has 9 heteroatoms. The summed E-state index contributed by atoms with van der Waals surface area (Å²) in [6, 6.07) is 2.00. The van der Waals surface area contributed by atoms with Gasteiger partial charge in [0.05, 0.1) is 6.04 Å². The third-order valence-corrected chi connectivity index (χ3v) is 5.34. The van der Waals surface area contributed by atoms with Gasteiger partial charge in [0.15, 0.2) is 0 Å². The number of carbonyl (C=O) groups is 2. The molecule has 2 heterocycles. The van der Waals surface area contributed by atoms with E-state index in [0.717, 1.165) is 25.9 Å². The van der Waals surface area contributed by atoms with Crippen molar-refractivity contribution >= 4 is 53.2 Å². The van der Waals surface area contributed by atoms with Gasteiger partial charge in [-0.1, -0.05) is 23.2 Å². The van der Waals surface area contributed by atoms with Gasteiger partial charge in [-0.2, -0.15) is 0 Å². The standard InChI is InChI=1S/C17H21Cl2N3O3.ClH/c18-10-6-11(19)16-12(7-10)21-14(17(24)25)8-13(16)22-15(23)5-9-1-3-20-4-2-9;/h6-7,9,13-14,20-21H,1-5,8H2,(H,22,23)(H,24,25);1H. The Bertz CT molecular complexity index is 681. The zero-order valence-electron chi connectivity index (χ0n) is 14.1. The quantitative estimate of drug-likeness (QED) is 0.598. The summed E-state index contributed by atoms with van der Waals surface area (Å²) in [6.45, 7) is 1.86. The lowest BCUT2D eigenvalue weighted by atomic mass is 9.91. The van der Waals surface area contributed by atoms with Crippen LogP contribution in [0.1, 0.15) is 37.3 Å². The number of carboxylic acids is 1. The minimum absolute atomic E-state index is 0. The SMILES string of the molecule is Cl.O=C(CC1CCNCC1)NC1CC(C(=O)O)Nc2cc(Cl)cc(Cl)c21. The molecule has 2 aliphatic rings. The summed E-state index contributed by atoms with van der Waals surface area (Å²) < 4.78 is 0.